The maximum Gasteiger partial charge on any atom is 0.220 e. The molecular formula is C12H13N3O. The van der Waals surface area contributed by atoms with Gasteiger partial charge in [-0.1, -0.05) is 18.2 Å². The highest BCUT2D eigenvalue weighted by Crippen LogP contribution is 2.28. The molecule has 1 amide bonds. The van der Waals surface area contributed by atoms with Crippen molar-refractivity contribution in [2.45, 2.75) is 12.3 Å². The van der Waals surface area contributed by atoms with Crippen molar-refractivity contribution in [3.05, 3.63) is 30.0 Å². The minimum absolute atomic E-state index is 0.125. The Morgan fingerprint density at radius 2 is 2.25 bits per heavy atom. The van der Waals surface area contributed by atoms with Gasteiger partial charge in [-0.15, -0.1) is 0 Å². The second-order valence-electron chi connectivity index (χ2n) is 4.23. The Hall–Kier alpha value is -1.84. The Balaban J connectivity index is 2.13. The normalized spacial score (nSPS) is 20.3. The molecule has 1 aliphatic rings. The molecule has 2 heterocycles. The van der Waals surface area contributed by atoms with Crippen molar-refractivity contribution in [3.8, 4) is 0 Å². The van der Waals surface area contributed by atoms with Crippen molar-refractivity contribution < 1.29 is 4.79 Å². The van der Waals surface area contributed by atoms with E-state index < -0.39 is 0 Å². The van der Waals surface area contributed by atoms with Gasteiger partial charge < -0.3 is 5.32 Å². The molecule has 1 aliphatic heterocycles. The van der Waals surface area contributed by atoms with Gasteiger partial charge in [0.05, 0.1) is 11.2 Å². The van der Waals surface area contributed by atoms with Crippen LogP contribution >= 0.6 is 0 Å². The lowest BCUT2D eigenvalue weighted by Gasteiger charge is -2.02. The molecule has 16 heavy (non-hydrogen) atoms. The van der Waals surface area contributed by atoms with Gasteiger partial charge in [0.15, 0.2) is 0 Å². The zero-order valence-electron chi connectivity index (χ0n) is 9.10. The van der Waals surface area contributed by atoms with E-state index in [4.69, 9.17) is 0 Å². The summed E-state index contributed by atoms with van der Waals surface area (Å²) in [6, 6.07) is 8.14. The zero-order valence-corrected chi connectivity index (χ0v) is 9.10. The number of aryl methyl sites for hydroxylation is 1. The molecule has 1 N–H and O–H groups in total. The number of carbonyl (C=O) groups excluding carboxylic acids is 1. The third-order valence-corrected chi connectivity index (χ3v) is 3.15. The van der Waals surface area contributed by atoms with E-state index in [0.29, 0.717) is 13.0 Å². The monoisotopic (exact) mass is 215 g/mol. The second kappa shape index (κ2) is 3.33. The van der Waals surface area contributed by atoms with Crippen LogP contribution in [0.5, 0.6) is 0 Å². The molecule has 1 saturated heterocycles. The molecule has 0 spiro atoms. The zero-order chi connectivity index (χ0) is 11.1. The van der Waals surface area contributed by atoms with Crippen molar-refractivity contribution in [1.82, 2.24) is 15.1 Å². The van der Waals surface area contributed by atoms with Gasteiger partial charge in [-0.2, -0.15) is 5.10 Å². The van der Waals surface area contributed by atoms with Crippen molar-refractivity contribution in [2.75, 3.05) is 6.54 Å². The minimum atomic E-state index is 0.125. The topological polar surface area (TPSA) is 46.9 Å². The minimum Gasteiger partial charge on any atom is -0.355 e. The van der Waals surface area contributed by atoms with Gasteiger partial charge >= 0.3 is 0 Å². The molecule has 1 aromatic carbocycles. The summed E-state index contributed by atoms with van der Waals surface area (Å²) in [5.41, 5.74) is 2.16. The van der Waals surface area contributed by atoms with Gasteiger partial charge in [0.1, 0.15) is 0 Å². The molecule has 1 unspecified atom stereocenters. The molecule has 3 rings (SSSR count). The molecule has 82 valence electrons. The molecular weight excluding hydrogens is 202 g/mol. The van der Waals surface area contributed by atoms with Gasteiger partial charge in [-0.25, -0.2) is 0 Å². The molecule has 1 atom stereocenters. The van der Waals surface area contributed by atoms with Crippen LogP contribution in [0.3, 0.4) is 0 Å². The first-order chi connectivity index (χ1) is 7.75. The lowest BCUT2D eigenvalue weighted by molar-refractivity contribution is -0.119. The van der Waals surface area contributed by atoms with E-state index in [1.54, 1.807) is 0 Å². The predicted octanol–water partition coefficient (Wildman–Crippen LogP) is 1.18. The lowest BCUT2D eigenvalue weighted by atomic mass is 10.0. The summed E-state index contributed by atoms with van der Waals surface area (Å²) in [7, 11) is 1.94. The molecule has 4 heteroatoms. The average Bonchev–Trinajstić information content (AvgIpc) is 2.84. The van der Waals surface area contributed by atoms with Gasteiger partial charge in [-0.3, -0.25) is 9.48 Å². The van der Waals surface area contributed by atoms with Crippen LogP contribution in [-0.4, -0.2) is 22.2 Å². The average molecular weight is 215 g/mol. The van der Waals surface area contributed by atoms with Crippen molar-refractivity contribution in [1.29, 1.82) is 0 Å². The largest absolute Gasteiger partial charge is 0.355 e. The van der Waals surface area contributed by atoms with E-state index in [2.05, 4.69) is 22.5 Å². The number of hydrogen-bond acceptors (Lipinski definition) is 2. The fraction of sp³-hybridized carbons (Fsp3) is 0.333. The van der Waals surface area contributed by atoms with Crippen molar-refractivity contribution >= 4 is 16.8 Å². The SMILES string of the molecule is Cn1nc(C2CNC(=O)C2)c2ccccc21. The first-order valence-corrected chi connectivity index (χ1v) is 5.44. The van der Waals surface area contributed by atoms with Gasteiger partial charge in [0.2, 0.25) is 5.91 Å². The number of nitrogens with one attached hydrogen (secondary N) is 1. The lowest BCUT2D eigenvalue weighted by Crippen LogP contribution is -2.13. The van der Waals surface area contributed by atoms with E-state index in [-0.39, 0.29) is 11.8 Å². The summed E-state index contributed by atoms with van der Waals surface area (Å²) < 4.78 is 1.88. The number of aromatic nitrogens is 2. The number of carbonyl (C=O) groups is 1. The number of rotatable bonds is 1. The van der Waals surface area contributed by atoms with Crippen LogP contribution in [0.15, 0.2) is 24.3 Å². The van der Waals surface area contributed by atoms with Crippen molar-refractivity contribution in [2.24, 2.45) is 7.05 Å². The second-order valence-corrected chi connectivity index (χ2v) is 4.23. The molecule has 0 radical (unpaired) electrons. The van der Waals surface area contributed by atoms with Crippen LogP contribution in [0.1, 0.15) is 18.0 Å². The van der Waals surface area contributed by atoms with E-state index in [1.165, 1.54) is 0 Å². The van der Waals surface area contributed by atoms with E-state index in [9.17, 15) is 4.79 Å². The van der Waals surface area contributed by atoms with Crippen molar-refractivity contribution in [3.63, 3.8) is 0 Å². The summed E-state index contributed by atoms with van der Waals surface area (Å²) >= 11 is 0. The fourth-order valence-electron chi connectivity index (χ4n) is 2.34. The van der Waals surface area contributed by atoms with Crippen LogP contribution in [-0.2, 0) is 11.8 Å². The molecule has 0 saturated carbocycles. The van der Waals surface area contributed by atoms with Crippen LogP contribution in [0.25, 0.3) is 10.9 Å². The summed E-state index contributed by atoms with van der Waals surface area (Å²) in [5.74, 6) is 0.346. The van der Waals surface area contributed by atoms with Crippen LogP contribution < -0.4 is 5.32 Å². The summed E-state index contributed by atoms with van der Waals surface area (Å²) in [4.78, 5) is 11.2. The number of para-hydroxylation sites is 1. The highest BCUT2D eigenvalue weighted by Gasteiger charge is 2.26. The molecule has 4 nitrogen and oxygen atoms in total. The third-order valence-electron chi connectivity index (χ3n) is 3.15. The molecule has 2 aromatic rings. The summed E-state index contributed by atoms with van der Waals surface area (Å²) in [6.07, 6.45) is 0.557. The Kier molecular flexibility index (Phi) is 1.96. The number of fused-ring (bicyclic) bond motifs is 1. The van der Waals surface area contributed by atoms with Gasteiger partial charge in [0.25, 0.3) is 0 Å². The fourth-order valence-corrected chi connectivity index (χ4v) is 2.34. The predicted molar refractivity (Wildman–Crippen MR) is 61.1 cm³/mol. The Bertz CT molecular complexity index is 558. The van der Waals surface area contributed by atoms with Gasteiger partial charge in [0, 0.05) is 31.3 Å². The Morgan fingerprint density at radius 1 is 1.44 bits per heavy atom. The smallest absolute Gasteiger partial charge is 0.220 e. The Labute approximate surface area is 93.3 Å². The number of amides is 1. The first kappa shape index (κ1) is 9.39. The maximum atomic E-state index is 11.2. The Morgan fingerprint density at radius 3 is 3.00 bits per heavy atom. The first-order valence-electron chi connectivity index (χ1n) is 5.44. The summed E-state index contributed by atoms with van der Waals surface area (Å²) in [6.45, 7) is 0.708. The standard InChI is InChI=1S/C12H13N3O/c1-15-10-5-3-2-4-9(10)12(14-15)8-6-11(16)13-7-8/h2-5,8H,6-7H2,1H3,(H,13,16). The number of benzene rings is 1. The van der Waals surface area contributed by atoms with Gasteiger partial charge in [-0.05, 0) is 6.07 Å². The molecule has 0 aliphatic carbocycles. The van der Waals surface area contributed by atoms with Crippen LogP contribution in [0, 0.1) is 0 Å². The highest BCUT2D eigenvalue weighted by molar-refractivity contribution is 5.85. The maximum absolute atomic E-state index is 11.2. The quantitative estimate of drug-likeness (QED) is 0.776. The molecule has 1 aromatic heterocycles. The van der Waals surface area contributed by atoms with E-state index in [1.807, 2.05) is 23.9 Å². The number of hydrogen-bond donors (Lipinski definition) is 1. The third kappa shape index (κ3) is 1.30. The molecule has 0 bridgehead atoms. The van der Waals surface area contributed by atoms with Crippen LogP contribution in [0.2, 0.25) is 0 Å². The summed E-state index contributed by atoms with van der Waals surface area (Å²) in [5, 5.41) is 8.54. The van der Waals surface area contributed by atoms with Crippen LogP contribution in [0.4, 0.5) is 0 Å². The molecule has 1 fully saturated rings. The van der Waals surface area contributed by atoms with E-state index in [0.717, 1.165) is 16.6 Å². The number of nitrogens with zero attached hydrogens (tertiary/aromatic N) is 2. The highest BCUT2D eigenvalue weighted by atomic mass is 16.1. The van der Waals surface area contributed by atoms with E-state index >= 15 is 0 Å².